The second-order valence-corrected chi connectivity index (χ2v) is 21.9. The maximum Gasteiger partial charge on any atom is 0.335 e. The van der Waals surface area contributed by atoms with Crippen molar-refractivity contribution in [3.8, 4) is 0 Å². The van der Waals surface area contributed by atoms with Crippen molar-refractivity contribution in [3.05, 3.63) is 53.6 Å². The monoisotopic (exact) mass is 716 g/mol. The number of carboxylic acid groups (broad SMARTS) is 1. The number of nitrogens with one attached hydrogen (secondary N) is 1. The van der Waals surface area contributed by atoms with Crippen LogP contribution in [0.2, 0.25) is 0 Å². The molecule has 11 atom stereocenters. The summed E-state index contributed by atoms with van der Waals surface area (Å²) in [6, 6.07) is 7.49. The van der Waals surface area contributed by atoms with Crippen LogP contribution in [0.15, 0.2) is 42.5 Å². The van der Waals surface area contributed by atoms with Gasteiger partial charge < -0.3 is 10.4 Å². The van der Waals surface area contributed by atoms with Crippen molar-refractivity contribution >= 4 is 27.3 Å². The minimum atomic E-state index is -2.99. The molecule has 4 unspecified atom stereocenters. The van der Waals surface area contributed by atoms with Crippen LogP contribution in [0.4, 0.5) is 0 Å². The molecule has 4 saturated carbocycles. The van der Waals surface area contributed by atoms with E-state index >= 15 is 0 Å². The maximum absolute atomic E-state index is 13.9. The maximum atomic E-state index is 13.9. The molecule has 7 nitrogen and oxygen atoms in total. The summed E-state index contributed by atoms with van der Waals surface area (Å²) >= 11 is 0. The van der Waals surface area contributed by atoms with Crippen LogP contribution in [0.3, 0.4) is 0 Å². The molecule has 8 rings (SSSR count). The second-order valence-electron chi connectivity index (χ2n) is 19.6. The van der Waals surface area contributed by atoms with Crippen molar-refractivity contribution in [1.82, 2.24) is 10.2 Å². The first kappa shape index (κ1) is 35.6. The Hall–Kier alpha value is -2.45. The number of rotatable bonds is 6. The van der Waals surface area contributed by atoms with Crippen LogP contribution in [0.25, 0.3) is 5.57 Å². The van der Waals surface area contributed by atoms with Crippen LogP contribution in [0, 0.1) is 51.2 Å². The highest BCUT2D eigenvalue weighted by Gasteiger charge is 2.70. The van der Waals surface area contributed by atoms with Gasteiger partial charge in [-0.1, -0.05) is 65.0 Å². The summed E-state index contributed by atoms with van der Waals surface area (Å²) in [4.78, 5) is 27.6. The van der Waals surface area contributed by atoms with Gasteiger partial charge in [-0.2, -0.15) is 0 Å². The Kier molecular flexibility index (Phi) is 8.04. The van der Waals surface area contributed by atoms with Gasteiger partial charge in [0.25, 0.3) is 0 Å². The minimum absolute atomic E-state index is 0.0136. The van der Waals surface area contributed by atoms with Gasteiger partial charge in [-0.15, -0.1) is 0 Å². The number of fused-ring (bicyclic) bond motifs is 9. The first-order valence-electron chi connectivity index (χ1n) is 19.8. The Morgan fingerprint density at radius 1 is 0.941 bits per heavy atom. The number of carboxylic acids is 1. The van der Waals surface area contributed by atoms with Gasteiger partial charge in [-0.3, -0.25) is 9.69 Å². The van der Waals surface area contributed by atoms with Gasteiger partial charge in [0.05, 0.1) is 23.1 Å². The molecular formula is C43H60N2O5S. The lowest BCUT2D eigenvalue weighted by Gasteiger charge is -2.72. The van der Waals surface area contributed by atoms with Gasteiger partial charge in [0.1, 0.15) is 0 Å². The van der Waals surface area contributed by atoms with E-state index in [0.29, 0.717) is 54.7 Å². The highest BCUT2D eigenvalue weighted by atomic mass is 32.2. The highest BCUT2D eigenvalue weighted by molar-refractivity contribution is 7.92. The number of hydrogen-bond acceptors (Lipinski definition) is 5. The van der Waals surface area contributed by atoms with Gasteiger partial charge in [-0.05, 0) is 146 Å². The molecule has 1 aromatic carbocycles. The number of likely N-dealkylation sites (tertiary alicyclic amines) is 1. The third-order valence-corrected chi connectivity index (χ3v) is 19.5. The van der Waals surface area contributed by atoms with Gasteiger partial charge in [-0.25, -0.2) is 13.2 Å². The van der Waals surface area contributed by atoms with E-state index in [9.17, 15) is 23.1 Å². The van der Waals surface area contributed by atoms with E-state index in [1.54, 1.807) is 12.1 Å². The molecule has 1 amide bonds. The molecule has 278 valence electrons. The number of carbonyl (C=O) groups is 2. The van der Waals surface area contributed by atoms with Gasteiger partial charge in [0.15, 0.2) is 9.84 Å². The summed E-state index contributed by atoms with van der Waals surface area (Å²) in [5, 5.41) is 12.9. The zero-order valence-corrected chi connectivity index (χ0v) is 32.6. The summed E-state index contributed by atoms with van der Waals surface area (Å²) in [6.45, 7) is 20.3. The lowest BCUT2D eigenvalue weighted by molar-refractivity contribution is -0.219. The molecular weight excluding hydrogens is 657 g/mol. The normalized spacial score (nSPS) is 44.7. The Bertz CT molecular complexity index is 1800. The van der Waals surface area contributed by atoms with Crippen LogP contribution in [0.5, 0.6) is 0 Å². The topological polar surface area (TPSA) is 104 Å². The average molecular weight is 717 g/mol. The van der Waals surface area contributed by atoms with Gasteiger partial charge in [0.2, 0.25) is 5.91 Å². The zero-order chi connectivity index (χ0) is 36.5. The summed E-state index contributed by atoms with van der Waals surface area (Å²) in [7, 11) is -2.99. The molecule has 5 aliphatic carbocycles. The Balaban J connectivity index is 1.07. The van der Waals surface area contributed by atoms with E-state index in [0.717, 1.165) is 37.7 Å². The molecule has 7 aliphatic rings. The van der Waals surface area contributed by atoms with E-state index < -0.39 is 15.8 Å². The zero-order valence-electron chi connectivity index (χ0n) is 31.8. The van der Waals surface area contributed by atoms with E-state index in [4.69, 9.17) is 0 Å². The number of sulfone groups is 1. The molecule has 0 spiro atoms. The molecule has 1 aromatic rings. The van der Waals surface area contributed by atoms with Crippen LogP contribution >= 0.6 is 0 Å². The van der Waals surface area contributed by atoms with E-state index in [1.165, 1.54) is 36.8 Å². The van der Waals surface area contributed by atoms with Crippen molar-refractivity contribution < 1.29 is 23.1 Å². The van der Waals surface area contributed by atoms with E-state index in [1.807, 2.05) is 12.1 Å². The fourth-order valence-corrected chi connectivity index (χ4v) is 16.8. The SMILES string of the molecule is C=C(C)[C@@H]1CC[C@]2(NC(=O)CN3C[C@@H]4CC3CS4(=O)=O)CC[C@]3(C)[C@H](CCC4[C@@]5(C)CC=C(c6ccc(C(=O)O)cc6)C(C)(C)C5CC[C@]43C)C12. The Morgan fingerprint density at radius 2 is 1.67 bits per heavy atom. The van der Waals surface area contributed by atoms with Crippen molar-refractivity contribution in [1.29, 1.82) is 0 Å². The fraction of sp³-hybridized carbons (Fsp3) is 0.721. The molecule has 2 bridgehead atoms. The number of hydrogen-bond donors (Lipinski definition) is 2. The van der Waals surface area contributed by atoms with E-state index in [-0.39, 0.29) is 50.2 Å². The average Bonchev–Trinajstić information content (AvgIpc) is 3.71. The molecule has 6 fully saturated rings. The first-order chi connectivity index (χ1) is 23.9. The molecule has 2 heterocycles. The molecule has 2 saturated heterocycles. The highest BCUT2D eigenvalue weighted by Crippen LogP contribution is 2.76. The van der Waals surface area contributed by atoms with Crippen molar-refractivity contribution in [2.75, 3.05) is 18.8 Å². The standard InChI is InChI=1S/C43H60N2O5S/c1-26(2)31-14-19-43(44-36(46)24-45-23-30-22-29(45)25-51(30,49)50)21-20-41(6)33(37(31)43)12-13-35-40(5)17-15-32(27-8-10-28(11-9-27)38(47)48)39(3,4)34(40)16-18-42(35,41)7/h8-11,15,29-31,33-35,37H,1,12-14,16-25H2,2-7H3,(H,44,46)(H,47,48)/t29?,30-,31-,33+,34?,35?,37?,40-,41+,42+,43-/m0/s1. The first-order valence-corrected chi connectivity index (χ1v) is 21.5. The van der Waals surface area contributed by atoms with Gasteiger partial charge >= 0.3 is 5.97 Å². The largest absolute Gasteiger partial charge is 0.478 e. The minimum Gasteiger partial charge on any atom is -0.478 e. The fourth-order valence-electron chi connectivity index (χ4n) is 14.7. The van der Waals surface area contributed by atoms with Crippen LogP contribution < -0.4 is 5.32 Å². The summed E-state index contributed by atoms with van der Waals surface area (Å²) < 4.78 is 24.8. The van der Waals surface area contributed by atoms with Crippen molar-refractivity contribution in [2.45, 2.75) is 123 Å². The lowest BCUT2D eigenvalue weighted by atomic mass is 9.33. The molecule has 0 radical (unpaired) electrons. The van der Waals surface area contributed by atoms with Crippen LogP contribution in [-0.2, 0) is 14.6 Å². The Morgan fingerprint density at radius 3 is 2.29 bits per heavy atom. The Labute approximate surface area is 306 Å². The quantitative estimate of drug-likeness (QED) is 0.292. The summed E-state index contributed by atoms with van der Waals surface area (Å²) in [5.41, 5.74) is 4.36. The third kappa shape index (κ3) is 4.99. The molecule has 51 heavy (non-hydrogen) atoms. The van der Waals surface area contributed by atoms with Crippen LogP contribution in [0.1, 0.15) is 122 Å². The number of nitrogens with zero attached hydrogens (tertiary/aromatic N) is 1. The second kappa shape index (κ2) is 11.5. The molecule has 8 heteroatoms. The van der Waals surface area contributed by atoms with E-state index in [2.05, 4.69) is 64.4 Å². The lowest BCUT2D eigenvalue weighted by Crippen LogP contribution is -2.68. The van der Waals surface area contributed by atoms with Crippen molar-refractivity contribution in [3.63, 3.8) is 0 Å². The third-order valence-electron chi connectivity index (χ3n) is 17.2. The number of allylic oxidation sites excluding steroid dienone is 3. The molecule has 2 aliphatic heterocycles. The summed E-state index contributed by atoms with van der Waals surface area (Å²) in [5.74, 6) is 1.82. The molecule has 0 aromatic heterocycles. The number of amides is 1. The number of benzene rings is 1. The number of aromatic carboxylic acids is 1. The molecule has 2 N–H and O–H groups in total. The smallest absolute Gasteiger partial charge is 0.335 e. The van der Waals surface area contributed by atoms with Crippen LogP contribution in [-0.4, -0.2) is 66.0 Å². The predicted molar refractivity (Wildman–Crippen MR) is 202 cm³/mol. The van der Waals surface area contributed by atoms with Gasteiger partial charge in [0, 0.05) is 18.1 Å². The summed E-state index contributed by atoms with van der Waals surface area (Å²) in [6.07, 6.45) is 13.2. The van der Waals surface area contributed by atoms with Crippen molar-refractivity contribution in [2.24, 2.45) is 51.2 Å². The predicted octanol–water partition coefficient (Wildman–Crippen LogP) is 7.78. The number of carbonyl (C=O) groups excluding carboxylic acids is 1.